The molecule has 1 aromatic carbocycles. The Kier molecular flexibility index (Phi) is 7.83. The quantitative estimate of drug-likeness (QED) is 0.634. The molecular formula is C21H29N3O3S2. The molecule has 0 radical (unpaired) electrons. The van der Waals surface area contributed by atoms with Gasteiger partial charge in [-0.2, -0.15) is 0 Å². The van der Waals surface area contributed by atoms with Crippen molar-refractivity contribution in [1.29, 1.82) is 0 Å². The second-order valence-corrected chi connectivity index (χ2v) is 10.2. The molecule has 1 aliphatic rings. The molecular weight excluding hydrogens is 406 g/mol. The predicted molar refractivity (Wildman–Crippen MR) is 117 cm³/mol. The summed E-state index contributed by atoms with van der Waals surface area (Å²) < 4.78 is 27.7. The van der Waals surface area contributed by atoms with Crippen molar-refractivity contribution in [3.05, 3.63) is 52.2 Å². The van der Waals surface area contributed by atoms with Gasteiger partial charge in [-0.15, -0.1) is 11.3 Å². The van der Waals surface area contributed by atoms with E-state index in [1.807, 2.05) is 17.5 Å². The number of carbonyl (C=O) groups is 1. The number of nitrogens with one attached hydrogen (secondary N) is 2. The fraction of sp³-hybridized carbons (Fsp3) is 0.476. The summed E-state index contributed by atoms with van der Waals surface area (Å²) in [4.78, 5) is 16.1. The number of hydrogen-bond donors (Lipinski definition) is 2. The third-order valence-electron chi connectivity index (χ3n) is 5.17. The summed E-state index contributed by atoms with van der Waals surface area (Å²) in [6.45, 7) is 5.54. The Balaban J connectivity index is 1.56. The van der Waals surface area contributed by atoms with Crippen LogP contribution in [0.3, 0.4) is 0 Å². The molecule has 1 saturated heterocycles. The zero-order chi connectivity index (χ0) is 20.7. The number of benzene rings is 1. The Bertz CT molecular complexity index is 890. The van der Waals surface area contributed by atoms with Gasteiger partial charge in [0.1, 0.15) is 0 Å². The van der Waals surface area contributed by atoms with Crippen LogP contribution < -0.4 is 10.0 Å². The van der Waals surface area contributed by atoms with Crippen LogP contribution in [0.1, 0.15) is 47.8 Å². The van der Waals surface area contributed by atoms with Crippen LogP contribution in [0.2, 0.25) is 0 Å². The standard InChI is InChI=1S/C21H29N3O3S2/c1-2-3-11-24-12-9-18(10-13-24)23-21(25)17-6-4-8-20(15-17)29(26,27)22-16-19-7-5-14-28-19/h4-8,14-15,18,22H,2-3,9-13,16H2,1H3,(H,23,25). The molecule has 8 heteroatoms. The van der Waals surface area contributed by atoms with Crippen molar-refractivity contribution in [3.8, 4) is 0 Å². The average molecular weight is 436 g/mol. The zero-order valence-electron chi connectivity index (χ0n) is 16.8. The number of sulfonamides is 1. The normalized spacial score (nSPS) is 16.0. The number of amides is 1. The zero-order valence-corrected chi connectivity index (χ0v) is 18.4. The van der Waals surface area contributed by atoms with Gasteiger partial charge in [0.2, 0.25) is 10.0 Å². The molecule has 2 heterocycles. The SMILES string of the molecule is CCCCN1CCC(NC(=O)c2cccc(S(=O)(=O)NCc3cccs3)c2)CC1. The van der Waals surface area contributed by atoms with Gasteiger partial charge >= 0.3 is 0 Å². The molecule has 1 amide bonds. The molecule has 1 aromatic heterocycles. The summed E-state index contributed by atoms with van der Waals surface area (Å²) in [5.41, 5.74) is 0.373. The Morgan fingerprint density at radius 2 is 2.00 bits per heavy atom. The molecule has 29 heavy (non-hydrogen) atoms. The number of unbranched alkanes of at least 4 members (excludes halogenated alkanes) is 1. The number of piperidine rings is 1. The first-order valence-electron chi connectivity index (χ1n) is 10.1. The molecule has 6 nitrogen and oxygen atoms in total. The van der Waals surface area contributed by atoms with E-state index < -0.39 is 10.0 Å². The number of hydrogen-bond acceptors (Lipinski definition) is 5. The van der Waals surface area contributed by atoms with Gasteiger partial charge in [-0.05, 0) is 55.5 Å². The molecule has 0 atom stereocenters. The minimum atomic E-state index is -3.67. The Morgan fingerprint density at radius 3 is 2.69 bits per heavy atom. The molecule has 158 valence electrons. The van der Waals surface area contributed by atoms with Crippen LogP contribution >= 0.6 is 11.3 Å². The third kappa shape index (κ3) is 6.37. The molecule has 3 rings (SSSR count). The number of rotatable bonds is 9. The van der Waals surface area contributed by atoms with Gasteiger partial charge in [0, 0.05) is 36.1 Å². The van der Waals surface area contributed by atoms with E-state index >= 15 is 0 Å². The van der Waals surface area contributed by atoms with Crippen molar-refractivity contribution < 1.29 is 13.2 Å². The maximum atomic E-state index is 12.7. The summed E-state index contributed by atoms with van der Waals surface area (Å²) in [7, 11) is -3.67. The molecule has 0 aliphatic carbocycles. The minimum Gasteiger partial charge on any atom is -0.349 e. The number of thiophene rings is 1. The highest BCUT2D eigenvalue weighted by atomic mass is 32.2. The van der Waals surface area contributed by atoms with Gasteiger partial charge in [-0.3, -0.25) is 4.79 Å². The lowest BCUT2D eigenvalue weighted by Gasteiger charge is -2.32. The lowest BCUT2D eigenvalue weighted by Crippen LogP contribution is -2.44. The van der Waals surface area contributed by atoms with Crippen LogP contribution in [0.4, 0.5) is 0 Å². The van der Waals surface area contributed by atoms with Crippen molar-refractivity contribution in [2.24, 2.45) is 0 Å². The van der Waals surface area contributed by atoms with Gasteiger partial charge < -0.3 is 10.2 Å². The highest BCUT2D eigenvalue weighted by Crippen LogP contribution is 2.16. The van der Waals surface area contributed by atoms with Gasteiger partial charge in [0.15, 0.2) is 0 Å². The van der Waals surface area contributed by atoms with Gasteiger partial charge in [0.25, 0.3) is 5.91 Å². The molecule has 0 saturated carbocycles. The molecule has 2 aromatic rings. The van der Waals surface area contributed by atoms with Crippen LogP contribution in [-0.4, -0.2) is 44.9 Å². The first-order chi connectivity index (χ1) is 14.0. The molecule has 1 aliphatic heterocycles. The Morgan fingerprint density at radius 1 is 1.21 bits per heavy atom. The summed E-state index contributed by atoms with van der Waals surface area (Å²) >= 11 is 1.50. The lowest BCUT2D eigenvalue weighted by molar-refractivity contribution is 0.0910. The van der Waals surface area contributed by atoms with Gasteiger partial charge in [-0.25, -0.2) is 13.1 Å². The predicted octanol–water partition coefficient (Wildman–Crippen LogP) is 3.22. The summed E-state index contributed by atoms with van der Waals surface area (Å²) in [5.74, 6) is -0.215. The summed E-state index contributed by atoms with van der Waals surface area (Å²) in [5, 5.41) is 4.97. The highest BCUT2D eigenvalue weighted by Gasteiger charge is 2.22. The maximum Gasteiger partial charge on any atom is 0.251 e. The summed E-state index contributed by atoms with van der Waals surface area (Å²) in [6, 6.07) is 10.1. The van der Waals surface area contributed by atoms with Crippen molar-refractivity contribution in [3.63, 3.8) is 0 Å². The fourth-order valence-electron chi connectivity index (χ4n) is 3.42. The monoisotopic (exact) mass is 435 g/mol. The minimum absolute atomic E-state index is 0.107. The average Bonchev–Trinajstić information content (AvgIpc) is 3.26. The van der Waals surface area contributed by atoms with E-state index in [4.69, 9.17) is 0 Å². The van der Waals surface area contributed by atoms with E-state index in [-0.39, 0.29) is 23.4 Å². The van der Waals surface area contributed by atoms with E-state index in [0.29, 0.717) is 5.56 Å². The van der Waals surface area contributed by atoms with Gasteiger partial charge in [-0.1, -0.05) is 25.5 Å². The molecule has 2 N–H and O–H groups in total. The van der Waals surface area contributed by atoms with Crippen molar-refractivity contribution in [1.82, 2.24) is 14.9 Å². The number of nitrogens with zero attached hydrogens (tertiary/aromatic N) is 1. The van der Waals surface area contributed by atoms with E-state index in [1.165, 1.54) is 36.3 Å². The van der Waals surface area contributed by atoms with E-state index in [2.05, 4.69) is 21.9 Å². The Hall–Kier alpha value is -1.74. The van der Waals surface area contributed by atoms with E-state index in [0.717, 1.165) is 37.4 Å². The van der Waals surface area contributed by atoms with Crippen molar-refractivity contribution >= 4 is 27.3 Å². The van der Waals surface area contributed by atoms with E-state index in [1.54, 1.807) is 12.1 Å². The smallest absolute Gasteiger partial charge is 0.251 e. The summed E-state index contributed by atoms with van der Waals surface area (Å²) in [6.07, 6.45) is 4.25. The van der Waals surface area contributed by atoms with Crippen molar-refractivity contribution in [2.45, 2.75) is 50.1 Å². The maximum absolute atomic E-state index is 12.7. The second-order valence-electron chi connectivity index (χ2n) is 7.37. The fourth-order valence-corrected chi connectivity index (χ4v) is 5.21. The van der Waals surface area contributed by atoms with E-state index in [9.17, 15) is 13.2 Å². The third-order valence-corrected chi connectivity index (χ3v) is 7.45. The largest absolute Gasteiger partial charge is 0.349 e. The van der Waals surface area contributed by atoms with Crippen LogP contribution in [-0.2, 0) is 16.6 Å². The lowest BCUT2D eigenvalue weighted by atomic mass is 10.0. The Labute approximate surface area is 177 Å². The van der Waals surface area contributed by atoms with Crippen molar-refractivity contribution in [2.75, 3.05) is 19.6 Å². The highest BCUT2D eigenvalue weighted by molar-refractivity contribution is 7.89. The second kappa shape index (κ2) is 10.3. The molecule has 0 spiro atoms. The first kappa shape index (κ1) is 22.0. The van der Waals surface area contributed by atoms with Crippen LogP contribution in [0, 0.1) is 0 Å². The molecule has 0 unspecified atom stereocenters. The topological polar surface area (TPSA) is 78.5 Å². The van der Waals surface area contributed by atoms with Crippen LogP contribution in [0.5, 0.6) is 0 Å². The van der Waals surface area contributed by atoms with Gasteiger partial charge in [0.05, 0.1) is 4.90 Å². The van der Waals surface area contributed by atoms with Crippen LogP contribution in [0.15, 0.2) is 46.7 Å². The molecule has 1 fully saturated rings. The van der Waals surface area contributed by atoms with Crippen LogP contribution in [0.25, 0.3) is 0 Å². The number of likely N-dealkylation sites (tertiary alicyclic amines) is 1. The number of carbonyl (C=O) groups excluding carboxylic acids is 1. The molecule has 0 bridgehead atoms. The first-order valence-corrected chi connectivity index (χ1v) is 12.5.